The number of hydrogen-bond acceptors (Lipinski definition) is 2. The zero-order chi connectivity index (χ0) is 8.69. The minimum Gasteiger partial charge on any atom is -0.377 e. The predicted octanol–water partition coefficient (Wildman–Crippen LogP) is 1.58. The van der Waals surface area contributed by atoms with Crippen LogP contribution in [0, 0.1) is 0 Å². The number of likely N-dealkylation sites (N-methyl/N-ethyl adjacent to an activating group) is 1. The topological polar surface area (TPSA) is 21.3 Å². The molecule has 0 fully saturated rings. The number of hydrogen-bond donors (Lipinski definition) is 1. The molecular weight excluding hydrogens is 138 g/mol. The van der Waals surface area contributed by atoms with E-state index in [0.717, 1.165) is 13.0 Å². The Bertz CT molecular complexity index is 102. The average molecular weight is 157 g/mol. The Morgan fingerprint density at radius 3 is 2.55 bits per heavy atom. The average Bonchev–Trinajstić information content (AvgIpc) is 1.97. The molecule has 11 heavy (non-hydrogen) atoms. The molecule has 0 aliphatic heterocycles. The number of ether oxygens (including phenoxy) is 1. The first-order valence-electron chi connectivity index (χ1n) is 4.10. The molecule has 66 valence electrons. The normalized spacial score (nSPS) is 13.5. The molecular formula is C9H19NO. The van der Waals surface area contributed by atoms with Crippen molar-refractivity contribution in [1.29, 1.82) is 0 Å². The molecule has 0 saturated carbocycles. The molecule has 0 aromatic carbocycles. The maximum atomic E-state index is 5.44. The van der Waals surface area contributed by atoms with Crippen molar-refractivity contribution in [2.75, 3.05) is 13.7 Å². The second-order valence-corrected chi connectivity index (χ2v) is 2.89. The zero-order valence-corrected chi connectivity index (χ0v) is 7.76. The van der Waals surface area contributed by atoms with Gasteiger partial charge in [0.1, 0.15) is 0 Å². The van der Waals surface area contributed by atoms with Crippen molar-refractivity contribution in [3.8, 4) is 0 Å². The van der Waals surface area contributed by atoms with Crippen LogP contribution in [0.1, 0.15) is 20.3 Å². The van der Waals surface area contributed by atoms with E-state index in [1.807, 2.05) is 27.0 Å². The smallest absolute Gasteiger partial charge is 0.0626 e. The Kier molecular flexibility index (Phi) is 6.18. The summed E-state index contributed by atoms with van der Waals surface area (Å²) in [5.41, 5.74) is 0. The summed E-state index contributed by atoms with van der Waals surface area (Å²) >= 11 is 0. The van der Waals surface area contributed by atoms with E-state index in [1.165, 1.54) is 0 Å². The van der Waals surface area contributed by atoms with Crippen molar-refractivity contribution in [3.05, 3.63) is 12.7 Å². The lowest BCUT2D eigenvalue weighted by Gasteiger charge is -2.15. The van der Waals surface area contributed by atoms with Gasteiger partial charge in [-0.1, -0.05) is 6.08 Å². The molecule has 0 spiro atoms. The van der Waals surface area contributed by atoms with E-state index in [4.69, 9.17) is 4.74 Å². The van der Waals surface area contributed by atoms with Gasteiger partial charge in [-0.05, 0) is 27.3 Å². The van der Waals surface area contributed by atoms with Gasteiger partial charge in [0.15, 0.2) is 0 Å². The van der Waals surface area contributed by atoms with Crippen molar-refractivity contribution < 1.29 is 4.74 Å². The maximum absolute atomic E-state index is 5.44. The van der Waals surface area contributed by atoms with Crippen molar-refractivity contribution >= 4 is 0 Å². The van der Waals surface area contributed by atoms with Gasteiger partial charge in [0.25, 0.3) is 0 Å². The van der Waals surface area contributed by atoms with Gasteiger partial charge >= 0.3 is 0 Å². The Morgan fingerprint density at radius 2 is 2.18 bits per heavy atom. The lowest BCUT2D eigenvalue weighted by Crippen LogP contribution is -2.30. The van der Waals surface area contributed by atoms with Crippen molar-refractivity contribution in [1.82, 2.24) is 5.32 Å². The fourth-order valence-electron chi connectivity index (χ4n) is 0.779. The van der Waals surface area contributed by atoms with Gasteiger partial charge in [-0.2, -0.15) is 0 Å². The van der Waals surface area contributed by atoms with Gasteiger partial charge in [-0.25, -0.2) is 0 Å². The Morgan fingerprint density at radius 1 is 1.55 bits per heavy atom. The van der Waals surface area contributed by atoms with Crippen LogP contribution in [0.5, 0.6) is 0 Å². The van der Waals surface area contributed by atoms with Crippen LogP contribution in [-0.2, 0) is 4.74 Å². The van der Waals surface area contributed by atoms with E-state index in [9.17, 15) is 0 Å². The fraction of sp³-hybridized carbons (Fsp3) is 0.778. The summed E-state index contributed by atoms with van der Waals surface area (Å²) in [5.74, 6) is 0. The lowest BCUT2D eigenvalue weighted by molar-refractivity contribution is 0.0633. The van der Waals surface area contributed by atoms with E-state index in [2.05, 4.69) is 11.9 Å². The summed E-state index contributed by atoms with van der Waals surface area (Å²) in [6.45, 7) is 8.53. The minimum atomic E-state index is 0.315. The second-order valence-electron chi connectivity index (χ2n) is 2.89. The largest absolute Gasteiger partial charge is 0.377 e. The first-order chi connectivity index (χ1) is 5.20. The van der Waals surface area contributed by atoms with Crippen molar-refractivity contribution in [2.45, 2.75) is 32.4 Å². The maximum Gasteiger partial charge on any atom is 0.0626 e. The van der Waals surface area contributed by atoms with Crippen molar-refractivity contribution in [2.24, 2.45) is 0 Å². The lowest BCUT2D eigenvalue weighted by atomic mass is 10.2. The standard InChI is InChI=1S/C9H19NO/c1-5-6-9(10-4)7-11-8(2)3/h5,8-10H,1,6-7H2,2-4H3. The molecule has 0 aromatic heterocycles. The molecule has 0 amide bonds. The van der Waals surface area contributed by atoms with E-state index >= 15 is 0 Å². The van der Waals surface area contributed by atoms with Gasteiger partial charge in [0, 0.05) is 6.04 Å². The number of rotatable bonds is 6. The van der Waals surface area contributed by atoms with Gasteiger partial charge < -0.3 is 10.1 Å². The SMILES string of the molecule is C=CCC(COC(C)C)NC. The highest BCUT2D eigenvalue weighted by Gasteiger charge is 2.03. The summed E-state index contributed by atoms with van der Waals surface area (Å²) < 4.78 is 5.44. The van der Waals surface area contributed by atoms with Crippen LogP contribution < -0.4 is 5.32 Å². The Labute approximate surface area is 69.6 Å². The van der Waals surface area contributed by atoms with E-state index in [0.29, 0.717) is 12.1 Å². The van der Waals surface area contributed by atoms with Crippen LogP contribution in [0.4, 0.5) is 0 Å². The fourth-order valence-corrected chi connectivity index (χ4v) is 0.779. The highest BCUT2D eigenvalue weighted by Crippen LogP contribution is 1.96. The third-order valence-electron chi connectivity index (χ3n) is 1.49. The first-order valence-corrected chi connectivity index (χ1v) is 4.10. The van der Waals surface area contributed by atoms with Crippen LogP contribution in [0.3, 0.4) is 0 Å². The van der Waals surface area contributed by atoms with Crippen LogP contribution in [0.2, 0.25) is 0 Å². The van der Waals surface area contributed by atoms with Crippen LogP contribution in [-0.4, -0.2) is 25.8 Å². The summed E-state index contributed by atoms with van der Waals surface area (Å²) in [6.07, 6.45) is 3.18. The van der Waals surface area contributed by atoms with E-state index in [-0.39, 0.29) is 0 Å². The molecule has 1 N–H and O–H groups in total. The molecule has 0 radical (unpaired) electrons. The summed E-state index contributed by atoms with van der Waals surface area (Å²) in [4.78, 5) is 0. The summed E-state index contributed by atoms with van der Waals surface area (Å²) in [6, 6.07) is 0.412. The summed E-state index contributed by atoms with van der Waals surface area (Å²) in [5, 5.41) is 3.16. The minimum absolute atomic E-state index is 0.315. The van der Waals surface area contributed by atoms with Gasteiger partial charge in [-0.3, -0.25) is 0 Å². The molecule has 0 rings (SSSR count). The van der Waals surface area contributed by atoms with Crippen LogP contribution >= 0.6 is 0 Å². The third kappa shape index (κ3) is 6.07. The van der Waals surface area contributed by atoms with Crippen LogP contribution in [0.25, 0.3) is 0 Å². The van der Waals surface area contributed by atoms with Gasteiger partial charge in [0.2, 0.25) is 0 Å². The molecule has 1 unspecified atom stereocenters. The Hall–Kier alpha value is -0.340. The third-order valence-corrected chi connectivity index (χ3v) is 1.49. The Balaban J connectivity index is 3.43. The molecule has 0 aromatic rings. The highest BCUT2D eigenvalue weighted by molar-refractivity contribution is 4.76. The zero-order valence-electron chi connectivity index (χ0n) is 7.76. The quantitative estimate of drug-likeness (QED) is 0.591. The van der Waals surface area contributed by atoms with Crippen molar-refractivity contribution in [3.63, 3.8) is 0 Å². The first kappa shape index (κ1) is 10.7. The van der Waals surface area contributed by atoms with Gasteiger partial charge in [-0.15, -0.1) is 6.58 Å². The van der Waals surface area contributed by atoms with E-state index < -0.39 is 0 Å². The highest BCUT2D eigenvalue weighted by atomic mass is 16.5. The molecule has 0 aliphatic rings. The molecule has 2 heteroatoms. The predicted molar refractivity (Wildman–Crippen MR) is 48.7 cm³/mol. The summed E-state index contributed by atoms with van der Waals surface area (Å²) in [7, 11) is 1.94. The molecule has 2 nitrogen and oxygen atoms in total. The second kappa shape index (κ2) is 6.38. The molecule has 0 bridgehead atoms. The van der Waals surface area contributed by atoms with Gasteiger partial charge in [0.05, 0.1) is 12.7 Å². The number of nitrogens with one attached hydrogen (secondary N) is 1. The monoisotopic (exact) mass is 157 g/mol. The van der Waals surface area contributed by atoms with E-state index in [1.54, 1.807) is 0 Å². The molecule has 0 saturated heterocycles. The molecule has 0 aliphatic carbocycles. The van der Waals surface area contributed by atoms with Crippen LogP contribution in [0.15, 0.2) is 12.7 Å². The molecule has 1 atom stereocenters. The molecule has 0 heterocycles.